The van der Waals surface area contributed by atoms with Crippen molar-refractivity contribution in [2.24, 2.45) is 0 Å². The molecule has 3 N–H and O–H groups in total. The van der Waals surface area contributed by atoms with Gasteiger partial charge < -0.3 is 11.1 Å². The van der Waals surface area contributed by atoms with Crippen molar-refractivity contribution in [2.75, 3.05) is 11.1 Å². The first-order chi connectivity index (χ1) is 32.9. The maximum Gasteiger partial charge on any atom is 0.0425 e. The smallest absolute Gasteiger partial charge is 0.0425 e. The van der Waals surface area contributed by atoms with Crippen LogP contribution in [0.5, 0.6) is 0 Å². The lowest BCUT2D eigenvalue weighted by Crippen LogP contribution is -2.15. The SMILES string of the molecule is C.CC(C)c1cc2c(cc1Br)-c1ccccc1C2(C)C.CC(C)c1ccc(-c2ccccc2)cc1N.CC(C)c1ccc(-c2ccccc2)cc1Nc1cc2c(cc1C(C)C)C(C)(C)c1ccccc1-2. The van der Waals surface area contributed by atoms with Crippen LogP contribution in [0.2, 0.25) is 0 Å². The van der Waals surface area contributed by atoms with E-state index in [0.29, 0.717) is 23.7 Å². The highest BCUT2D eigenvalue weighted by molar-refractivity contribution is 9.10. The van der Waals surface area contributed by atoms with Crippen molar-refractivity contribution in [1.29, 1.82) is 0 Å². The van der Waals surface area contributed by atoms with Gasteiger partial charge in [0.2, 0.25) is 0 Å². The number of anilines is 3. The number of rotatable bonds is 8. The largest absolute Gasteiger partial charge is 0.398 e. The second kappa shape index (κ2) is 21.1. The minimum atomic E-state index is 0. The van der Waals surface area contributed by atoms with Crippen LogP contribution in [0.25, 0.3) is 44.5 Å². The Morgan fingerprint density at radius 2 is 0.771 bits per heavy atom. The number of nitrogens with one attached hydrogen (secondary N) is 1. The lowest BCUT2D eigenvalue weighted by Gasteiger charge is -2.25. The number of halogens is 1. The van der Waals surface area contributed by atoms with Crippen molar-refractivity contribution in [2.45, 2.75) is 125 Å². The highest BCUT2D eigenvalue weighted by atomic mass is 79.9. The van der Waals surface area contributed by atoms with Crippen LogP contribution in [0.3, 0.4) is 0 Å². The van der Waals surface area contributed by atoms with E-state index in [9.17, 15) is 0 Å². The van der Waals surface area contributed by atoms with E-state index in [1.807, 2.05) is 18.2 Å². The number of hydrogen-bond donors (Lipinski definition) is 2. The Kier molecular flexibility index (Phi) is 15.5. The van der Waals surface area contributed by atoms with Crippen LogP contribution in [0.1, 0.15) is 159 Å². The molecular weight excluding hydrogens is 913 g/mol. The number of hydrogen-bond acceptors (Lipinski definition) is 2. The average Bonchev–Trinajstić information content (AvgIpc) is 3.69. The molecule has 2 aliphatic rings. The molecule has 0 bridgehead atoms. The molecule has 0 saturated carbocycles. The second-order valence-electron chi connectivity index (χ2n) is 21.4. The van der Waals surface area contributed by atoms with E-state index in [1.54, 1.807) is 0 Å². The number of fused-ring (bicyclic) bond motifs is 6. The molecule has 0 aliphatic heterocycles. The Bertz CT molecular complexity index is 3100. The molecule has 0 amide bonds. The molecule has 10 rings (SSSR count). The van der Waals surface area contributed by atoms with E-state index in [-0.39, 0.29) is 18.3 Å². The summed E-state index contributed by atoms with van der Waals surface area (Å²) < 4.78 is 1.23. The van der Waals surface area contributed by atoms with E-state index in [1.165, 1.54) is 105 Å². The fourth-order valence-electron chi connectivity index (χ4n) is 10.6. The van der Waals surface area contributed by atoms with Gasteiger partial charge in [0.25, 0.3) is 0 Å². The number of nitrogens with two attached hydrogens (primary N) is 1. The summed E-state index contributed by atoms with van der Waals surface area (Å²) in [7, 11) is 0. The molecule has 2 nitrogen and oxygen atoms in total. The zero-order valence-corrected chi connectivity index (χ0v) is 44.5. The zero-order chi connectivity index (χ0) is 49.4. The molecule has 0 heterocycles. The normalized spacial score (nSPS) is 13.3. The third kappa shape index (κ3) is 10.2. The molecule has 8 aromatic carbocycles. The van der Waals surface area contributed by atoms with Crippen LogP contribution in [0, 0.1) is 0 Å². The lowest BCUT2D eigenvalue weighted by atomic mass is 9.81. The van der Waals surface area contributed by atoms with Crippen LogP contribution in [0.4, 0.5) is 17.1 Å². The van der Waals surface area contributed by atoms with Crippen molar-refractivity contribution in [3.63, 3.8) is 0 Å². The first kappa shape index (κ1) is 51.7. The molecule has 360 valence electrons. The van der Waals surface area contributed by atoms with Gasteiger partial charge in [-0.2, -0.15) is 0 Å². The Labute approximate surface area is 430 Å². The van der Waals surface area contributed by atoms with Crippen molar-refractivity contribution in [1.82, 2.24) is 0 Å². The van der Waals surface area contributed by atoms with Crippen LogP contribution in [-0.2, 0) is 10.8 Å². The highest BCUT2D eigenvalue weighted by Crippen LogP contribution is 2.52. The van der Waals surface area contributed by atoms with Crippen molar-refractivity contribution in [3.8, 4) is 44.5 Å². The summed E-state index contributed by atoms with van der Waals surface area (Å²) in [5, 5.41) is 3.90. The van der Waals surface area contributed by atoms with E-state index >= 15 is 0 Å². The predicted octanol–water partition coefficient (Wildman–Crippen LogP) is 20.2. The molecular formula is C67H75BrN2. The van der Waals surface area contributed by atoms with Crippen LogP contribution >= 0.6 is 15.9 Å². The third-order valence-corrected chi connectivity index (χ3v) is 15.3. The summed E-state index contributed by atoms with van der Waals surface area (Å²) >= 11 is 3.74. The van der Waals surface area contributed by atoms with Gasteiger partial charge in [-0.15, -0.1) is 0 Å². The molecule has 0 aromatic heterocycles. The van der Waals surface area contributed by atoms with E-state index in [0.717, 1.165) is 5.69 Å². The Morgan fingerprint density at radius 3 is 1.24 bits per heavy atom. The maximum atomic E-state index is 6.06. The summed E-state index contributed by atoms with van der Waals surface area (Å²) in [6.45, 7) is 27.3. The Morgan fingerprint density at radius 1 is 0.371 bits per heavy atom. The molecule has 0 spiro atoms. The summed E-state index contributed by atoms with van der Waals surface area (Å²) in [5.74, 6) is 1.88. The van der Waals surface area contributed by atoms with Crippen LogP contribution in [-0.4, -0.2) is 0 Å². The van der Waals surface area contributed by atoms with Gasteiger partial charge in [-0.3, -0.25) is 0 Å². The zero-order valence-electron chi connectivity index (χ0n) is 42.9. The van der Waals surface area contributed by atoms with E-state index in [4.69, 9.17) is 5.73 Å². The van der Waals surface area contributed by atoms with E-state index in [2.05, 4.69) is 256 Å². The third-order valence-electron chi connectivity index (χ3n) is 14.6. The van der Waals surface area contributed by atoms with Crippen LogP contribution in [0.15, 0.2) is 174 Å². The van der Waals surface area contributed by atoms with Crippen molar-refractivity contribution in [3.05, 3.63) is 219 Å². The summed E-state index contributed by atoms with van der Waals surface area (Å²) in [6, 6.07) is 61.4. The van der Waals surface area contributed by atoms with Gasteiger partial charge in [-0.05, 0) is 137 Å². The van der Waals surface area contributed by atoms with Gasteiger partial charge in [0.15, 0.2) is 0 Å². The maximum absolute atomic E-state index is 6.06. The minimum absolute atomic E-state index is 0. The molecule has 70 heavy (non-hydrogen) atoms. The highest BCUT2D eigenvalue weighted by Gasteiger charge is 2.37. The van der Waals surface area contributed by atoms with Gasteiger partial charge in [0, 0.05) is 32.4 Å². The van der Waals surface area contributed by atoms with Gasteiger partial charge in [-0.1, -0.05) is 252 Å². The Balaban J connectivity index is 0.000000169. The van der Waals surface area contributed by atoms with Gasteiger partial charge in [0.05, 0.1) is 0 Å². The average molecular weight is 988 g/mol. The molecule has 0 saturated heterocycles. The first-order valence-corrected chi connectivity index (χ1v) is 25.8. The van der Waals surface area contributed by atoms with E-state index < -0.39 is 0 Å². The first-order valence-electron chi connectivity index (χ1n) is 25.0. The van der Waals surface area contributed by atoms with Crippen molar-refractivity contribution >= 4 is 33.0 Å². The number of benzene rings is 8. The summed E-state index contributed by atoms with van der Waals surface area (Å²) in [5.41, 5.74) is 31.0. The standard InChI is InChI=1S/C33H35N.C18H19Br.C15H17N.CH4/c1-21(2)25-17-16-24(23-12-8-7-9-13-23)18-31(25)34-32-20-28-26-14-10-11-15-29(26)33(5,6)30(28)19-27(32)22(3)4;1-11(2)13-9-16-14(10-17(13)19)12-7-5-6-8-15(12)18(16,3)4;1-11(2)14-9-8-13(10-15(14)16)12-6-4-3-5-7-12;/h7-22,34H,1-6H3;5-11H,1-4H3;3-11H,16H2,1-2H3;1H4. The minimum Gasteiger partial charge on any atom is -0.398 e. The van der Waals surface area contributed by atoms with Gasteiger partial charge >= 0.3 is 0 Å². The monoisotopic (exact) mass is 987 g/mol. The predicted molar refractivity (Wildman–Crippen MR) is 310 cm³/mol. The van der Waals surface area contributed by atoms with Crippen molar-refractivity contribution < 1.29 is 0 Å². The van der Waals surface area contributed by atoms with Crippen LogP contribution < -0.4 is 11.1 Å². The second-order valence-corrected chi connectivity index (χ2v) is 22.2. The van der Waals surface area contributed by atoms with Gasteiger partial charge in [-0.25, -0.2) is 0 Å². The molecule has 3 heteroatoms. The molecule has 8 aromatic rings. The summed E-state index contributed by atoms with van der Waals surface area (Å²) in [4.78, 5) is 0. The molecule has 2 aliphatic carbocycles. The molecule has 0 atom stereocenters. The quantitative estimate of drug-likeness (QED) is 0.149. The fourth-order valence-corrected chi connectivity index (χ4v) is 11.4. The summed E-state index contributed by atoms with van der Waals surface area (Å²) in [6.07, 6.45) is 0. The number of nitrogen functional groups attached to an aromatic ring is 1. The van der Waals surface area contributed by atoms with Gasteiger partial charge in [0.1, 0.15) is 0 Å². The lowest BCUT2D eigenvalue weighted by molar-refractivity contribution is 0.657. The topological polar surface area (TPSA) is 38.0 Å². The molecule has 0 fully saturated rings. The molecule has 0 radical (unpaired) electrons. The molecule has 0 unspecified atom stereocenters. The fraction of sp³-hybridized carbons (Fsp3) is 0.284. The Hall–Kier alpha value is -6.16.